The number of benzene rings is 1. The Morgan fingerprint density at radius 3 is 2.55 bits per heavy atom. The van der Waals surface area contributed by atoms with Crippen LogP contribution in [0.15, 0.2) is 16.7 Å². The summed E-state index contributed by atoms with van der Waals surface area (Å²) < 4.78 is 10.8. The second-order valence-electron chi connectivity index (χ2n) is 5.35. The molecule has 6 heteroatoms. The number of aromatic nitrogens is 2. The molecule has 22 heavy (non-hydrogen) atoms. The molecule has 0 aliphatic rings. The third-order valence-corrected chi connectivity index (χ3v) is 3.28. The van der Waals surface area contributed by atoms with Crippen LogP contribution in [-0.4, -0.2) is 39.7 Å². The molecule has 1 aromatic carbocycles. The lowest BCUT2D eigenvalue weighted by molar-refractivity contribution is 0.0532. The van der Waals surface area contributed by atoms with Crippen molar-refractivity contribution in [3.63, 3.8) is 0 Å². The molecule has 0 amide bonds. The Bertz CT molecular complexity index is 601. The third kappa shape index (κ3) is 3.84. The SMILES string of the molecule is CCCc1nc(-c2cc(C)c(OCC(O)CO)c(C)c2)no1. The van der Waals surface area contributed by atoms with E-state index in [0.717, 1.165) is 29.5 Å². The van der Waals surface area contributed by atoms with Crippen LogP contribution in [0.1, 0.15) is 30.4 Å². The number of hydrogen-bond donors (Lipinski definition) is 2. The minimum Gasteiger partial charge on any atom is -0.490 e. The summed E-state index contributed by atoms with van der Waals surface area (Å²) >= 11 is 0. The van der Waals surface area contributed by atoms with Crippen LogP contribution >= 0.6 is 0 Å². The zero-order valence-corrected chi connectivity index (χ0v) is 13.2. The fourth-order valence-corrected chi connectivity index (χ4v) is 2.23. The second-order valence-corrected chi connectivity index (χ2v) is 5.35. The third-order valence-electron chi connectivity index (χ3n) is 3.28. The highest BCUT2D eigenvalue weighted by atomic mass is 16.5. The summed E-state index contributed by atoms with van der Waals surface area (Å²) in [7, 11) is 0. The summed E-state index contributed by atoms with van der Waals surface area (Å²) in [4.78, 5) is 4.38. The van der Waals surface area contributed by atoms with Gasteiger partial charge in [-0.15, -0.1) is 0 Å². The van der Waals surface area contributed by atoms with Crippen molar-refractivity contribution >= 4 is 0 Å². The second kappa shape index (κ2) is 7.38. The fraction of sp³-hybridized carbons (Fsp3) is 0.500. The van der Waals surface area contributed by atoms with E-state index in [1.807, 2.05) is 26.0 Å². The molecule has 1 unspecified atom stereocenters. The minimum absolute atomic E-state index is 0.0559. The molecule has 2 aromatic rings. The molecular formula is C16H22N2O4. The van der Waals surface area contributed by atoms with E-state index in [-0.39, 0.29) is 13.2 Å². The van der Waals surface area contributed by atoms with Crippen LogP contribution in [0.25, 0.3) is 11.4 Å². The smallest absolute Gasteiger partial charge is 0.226 e. The van der Waals surface area contributed by atoms with Crippen LogP contribution < -0.4 is 4.74 Å². The molecule has 2 N–H and O–H groups in total. The molecule has 0 fully saturated rings. The van der Waals surface area contributed by atoms with Gasteiger partial charge in [0.05, 0.1) is 6.61 Å². The van der Waals surface area contributed by atoms with Gasteiger partial charge in [-0.25, -0.2) is 0 Å². The number of hydrogen-bond acceptors (Lipinski definition) is 6. The Labute approximate surface area is 129 Å². The molecule has 0 spiro atoms. The molecule has 0 saturated carbocycles. The summed E-state index contributed by atoms with van der Waals surface area (Å²) in [5.41, 5.74) is 2.71. The fourth-order valence-electron chi connectivity index (χ4n) is 2.23. The summed E-state index contributed by atoms with van der Waals surface area (Å²) in [5.74, 6) is 1.91. The monoisotopic (exact) mass is 306 g/mol. The molecule has 0 aliphatic heterocycles. The van der Waals surface area contributed by atoms with Crippen molar-refractivity contribution in [2.45, 2.75) is 39.7 Å². The van der Waals surface area contributed by atoms with E-state index in [4.69, 9.17) is 14.4 Å². The van der Waals surface area contributed by atoms with Crippen molar-refractivity contribution < 1.29 is 19.5 Å². The molecule has 1 heterocycles. The number of aliphatic hydroxyl groups is 2. The molecule has 0 saturated heterocycles. The van der Waals surface area contributed by atoms with Crippen molar-refractivity contribution in [2.24, 2.45) is 0 Å². The first-order valence-corrected chi connectivity index (χ1v) is 7.41. The number of ether oxygens (including phenoxy) is 1. The molecule has 1 aromatic heterocycles. The largest absolute Gasteiger partial charge is 0.490 e. The van der Waals surface area contributed by atoms with E-state index in [1.54, 1.807) is 0 Å². The van der Waals surface area contributed by atoms with Gasteiger partial charge < -0.3 is 19.5 Å². The Morgan fingerprint density at radius 1 is 1.27 bits per heavy atom. The van der Waals surface area contributed by atoms with Gasteiger partial charge in [0.1, 0.15) is 18.5 Å². The van der Waals surface area contributed by atoms with Gasteiger partial charge in [0.2, 0.25) is 11.7 Å². The van der Waals surface area contributed by atoms with Gasteiger partial charge in [0, 0.05) is 12.0 Å². The van der Waals surface area contributed by atoms with Crippen molar-refractivity contribution in [2.75, 3.05) is 13.2 Å². The molecule has 0 radical (unpaired) electrons. The molecule has 0 bridgehead atoms. The van der Waals surface area contributed by atoms with E-state index >= 15 is 0 Å². The lowest BCUT2D eigenvalue weighted by atomic mass is 10.1. The van der Waals surface area contributed by atoms with Gasteiger partial charge in [0.25, 0.3) is 0 Å². The van der Waals surface area contributed by atoms with Gasteiger partial charge in [-0.2, -0.15) is 4.98 Å². The Kier molecular flexibility index (Phi) is 5.51. The summed E-state index contributed by atoms with van der Waals surface area (Å²) in [6.45, 7) is 5.64. The highest BCUT2D eigenvalue weighted by Gasteiger charge is 2.13. The van der Waals surface area contributed by atoms with Gasteiger partial charge in [-0.05, 0) is 43.5 Å². The lowest BCUT2D eigenvalue weighted by Crippen LogP contribution is -2.21. The number of aryl methyl sites for hydroxylation is 3. The van der Waals surface area contributed by atoms with Crippen LogP contribution in [0.2, 0.25) is 0 Å². The Morgan fingerprint density at radius 2 is 1.95 bits per heavy atom. The normalized spacial score (nSPS) is 12.4. The number of aliphatic hydroxyl groups excluding tert-OH is 2. The van der Waals surface area contributed by atoms with Gasteiger partial charge >= 0.3 is 0 Å². The molecular weight excluding hydrogens is 284 g/mol. The quantitative estimate of drug-likeness (QED) is 0.814. The first-order valence-electron chi connectivity index (χ1n) is 7.41. The average molecular weight is 306 g/mol. The average Bonchev–Trinajstić information content (AvgIpc) is 2.95. The van der Waals surface area contributed by atoms with E-state index < -0.39 is 6.10 Å². The predicted octanol–water partition coefficient (Wildman–Crippen LogP) is 2.04. The number of rotatable bonds is 7. The minimum atomic E-state index is -0.882. The number of nitrogens with zero attached hydrogens (tertiary/aromatic N) is 2. The maximum atomic E-state index is 9.38. The van der Waals surface area contributed by atoms with Crippen molar-refractivity contribution in [3.8, 4) is 17.1 Å². The maximum absolute atomic E-state index is 9.38. The first-order chi connectivity index (χ1) is 10.5. The predicted molar refractivity (Wildman–Crippen MR) is 81.8 cm³/mol. The molecule has 0 aliphatic carbocycles. The van der Waals surface area contributed by atoms with Gasteiger partial charge in [0.15, 0.2) is 0 Å². The van der Waals surface area contributed by atoms with Crippen molar-refractivity contribution in [1.29, 1.82) is 0 Å². The topological polar surface area (TPSA) is 88.6 Å². The van der Waals surface area contributed by atoms with E-state index in [9.17, 15) is 5.11 Å². The van der Waals surface area contributed by atoms with Gasteiger partial charge in [-0.3, -0.25) is 0 Å². The summed E-state index contributed by atoms with van der Waals surface area (Å²) in [6, 6.07) is 3.85. The summed E-state index contributed by atoms with van der Waals surface area (Å²) in [5, 5.41) is 22.2. The van der Waals surface area contributed by atoms with Gasteiger partial charge in [-0.1, -0.05) is 12.1 Å². The Balaban J connectivity index is 2.21. The van der Waals surface area contributed by atoms with Crippen LogP contribution in [0.5, 0.6) is 5.75 Å². The van der Waals surface area contributed by atoms with E-state index in [2.05, 4.69) is 17.1 Å². The maximum Gasteiger partial charge on any atom is 0.226 e. The van der Waals surface area contributed by atoms with Crippen molar-refractivity contribution in [1.82, 2.24) is 10.1 Å². The van der Waals surface area contributed by atoms with Crippen LogP contribution in [0, 0.1) is 13.8 Å². The highest BCUT2D eigenvalue weighted by Crippen LogP contribution is 2.29. The zero-order chi connectivity index (χ0) is 16.1. The highest BCUT2D eigenvalue weighted by molar-refractivity contribution is 5.60. The Hall–Kier alpha value is -1.92. The molecule has 120 valence electrons. The zero-order valence-electron chi connectivity index (χ0n) is 13.2. The van der Waals surface area contributed by atoms with E-state index in [0.29, 0.717) is 17.5 Å². The van der Waals surface area contributed by atoms with Crippen molar-refractivity contribution in [3.05, 3.63) is 29.2 Å². The molecule has 6 nitrogen and oxygen atoms in total. The summed E-state index contributed by atoms with van der Waals surface area (Å²) in [6.07, 6.45) is 0.845. The standard InChI is InChI=1S/C16H22N2O4/c1-4-5-14-17-16(18-22-14)12-6-10(2)15(11(3)7-12)21-9-13(20)8-19/h6-7,13,19-20H,4-5,8-9H2,1-3H3. The van der Waals surface area contributed by atoms with Crippen LogP contribution in [0.3, 0.4) is 0 Å². The van der Waals surface area contributed by atoms with E-state index in [1.165, 1.54) is 0 Å². The lowest BCUT2D eigenvalue weighted by Gasteiger charge is -2.15. The first kappa shape index (κ1) is 16.5. The van der Waals surface area contributed by atoms with Crippen LogP contribution in [-0.2, 0) is 6.42 Å². The molecule has 2 rings (SSSR count). The van der Waals surface area contributed by atoms with Crippen LogP contribution in [0.4, 0.5) is 0 Å². The molecule has 1 atom stereocenters.